The number of benzene rings is 1. The van der Waals surface area contributed by atoms with Gasteiger partial charge in [-0.25, -0.2) is 0 Å². The minimum atomic E-state index is 0.388. The standard InChI is InChI=1S/C17H28N2/c1-14-9-15(2)11-16(10-14)12-18-13-17(19(3)4)7-5-6-8-17/h9-11,18H,5-8,12-13H2,1-4H3. The van der Waals surface area contributed by atoms with Crippen LogP contribution in [-0.2, 0) is 6.54 Å². The normalized spacial score (nSPS) is 18.2. The molecule has 2 heteroatoms. The molecule has 1 aliphatic rings. The van der Waals surface area contributed by atoms with Crippen molar-refractivity contribution < 1.29 is 0 Å². The van der Waals surface area contributed by atoms with Gasteiger partial charge < -0.3 is 10.2 Å². The Bertz CT molecular complexity index is 397. The molecular formula is C17H28N2. The van der Waals surface area contributed by atoms with Crippen LogP contribution < -0.4 is 5.32 Å². The number of likely N-dealkylation sites (N-methyl/N-ethyl adjacent to an activating group) is 1. The Hall–Kier alpha value is -0.860. The fourth-order valence-corrected chi connectivity index (χ4v) is 3.43. The van der Waals surface area contributed by atoms with Crippen LogP contribution in [0.5, 0.6) is 0 Å². The number of rotatable bonds is 5. The zero-order valence-corrected chi connectivity index (χ0v) is 12.9. The summed E-state index contributed by atoms with van der Waals surface area (Å²) in [5.74, 6) is 0. The van der Waals surface area contributed by atoms with Gasteiger partial charge in [0.15, 0.2) is 0 Å². The third-order valence-corrected chi connectivity index (χ3v) is 4.55. The quantitative estimate of drug-likeness (QED) is 0.874. The fraction of sp³-hybridized carbons (Fsp3) is 0.647. The van der Waals surface area contributed by atoms with E-state index in [9.17, 15) is 0 Å². The van der Waals surface area contributed by atoms with Gasteiger partial charge in [-0.05, 0) is 46.3 Å². The largest absolute Gasteiger partial charge is 0.311 e. The van der Waals surface area contributed by atoms with Crippen molar-refractivity contribution in [2.45, 2.75) is 51.6 Å². The lowest BCUT2D eigenvalue weighted by Gasteiger charge is -2.36. The minimum Gasteiger partial charge on any atom is -0.311 e. The predicted octanol–water partition coefficient (Wildman–Crippen LogP) is 3.27. The summed E-state index contributed by atoms with van der Waals surface area (Å²) in [6.07, 6.45) is 5.42. The minimum absolute atomic E-state index is 0.388. The molecule has 0 bridgehead atoms. The first kappa shape index (κ1) is 14.5. The van der Waals surface area contributed by atoms with Gasteiger partial charge in [-0.2, -0.15) is 0 Å². The van der Waals surface area contributed by atoms with Gasteiger partial charge >= 0.3 is 0 Å². The molecule has 1 fully saturated rings. The van der Waals surface area contributed by atoms with Gasteiger partial charge in [0.1, 0.15) is 0 Å². The van der Waals surface area contributed by atoms with E-state index in [1.807, 2.05) is 0 Å². The van der Waals surface area contributed by atoms with Gasteiger partial charge in [0.05, 0.1) is 0 Å². The Kier molecular flexibility index (Phi) is 4.64. The first-order valence-electron chi connectivity index (χ1n) is 7.47. The van der Waals surface area contributed by atoms with Crippen molar-refractivity contribution in [2.24, 2.45) is 0 Å². The molecule has 2 nitrogen and oxygen atoms in total. The molecule has 106 valence electrons. The van der Waals surface area contributed by atoms with Crippen molar-refractivity contribution in [1.29, 1.82) is 0 Å². The maximum Gasteiger partial charge on any atom is 0.0328 e. The molecule has 19 heavy (non-hydrogen) atoms. The number of hydrogen-bond donors (Lipinski definition) is 1. The Morgan fingerprint density at radius 1 is 1.05 bits per heavy atom. The van der Waals surface area contributed by atoms with Gasteiger partial charge in [-0.15, -0.1) is 0 Å². The maximum absolute atomic E-state index is 3.68. The van der Waals surface area contributed by atoms with Crippen LogP contribution in [0.25, 0.3) is 0 Å². The molecule has 1 aromatic carbocycles. The Balaban J connectivity index is 1.92. The summed E-state index contributed by atoms with van der Waals surface area (Å²) in [7, 11) is 4.45. The number of nitrogens with one attached hydrogen (secondary N) is 1. The van der Waals surface area contributed by atoms with E-state index in [2.05, 4.69) is 56.4 Å². The highest BCUT2D eigenvalue weighted by Gasteiger charge is 2.35. The third kappa shape index (κ3) is 3.58. The zero-order valence-electron chi connectivity index (χ0n) is 12.9. The summed E-state index contributed by atoms with van der Waals surface area (Å²) in [4.78, 5) is 2.43. The summed E-state index contributed by atoms with van der Waals surface area (Å²) in [5.41, 5.74) is 4.52. The van der Waals surface area contributed by atoms with Crippen LogP contribution in [0.1, 0.15) is 42.4 Å². The van der Waals surface area contributed by atoms with E-state index < -0.39 is 0 Å². The zero-order chi connectivity index (χ0) is 13.9. The molecule has 1 N–H and O–H groups in total. The van der Waals surface area contributed by atoms with Gasteiger partial charge in [0.2, 0.25) is 0 Å². The van der Waals surface area contributed by atoms with Crippen molar-refractivity contribution >= 4 is 0 Å². The lowest BCUT2D eigenvalue weighted by atomic mass is 9.96. The molecule has 1 aromatic rings. The second-order valence-corrected chi connectivity index (χ2v) is 6.43. The molecule has 0 heterocycles. The van der Waals surface area contributed by atoms with Gasteiger partial charge in [-0.3, -0.25) is 0 Å². The average Bonchev–Trinajstić information content (AvgIpc) is 2.77. The molecular weight excluding hydrogens is 232 g/mol. The van der Waals surface area contributed by atoms with Gasteiger partial charge in [-0.1, -0.05) is 42.2 Å². The number of aryl methyl sites for hydroxylation is 2. The molecule has 0 spiro atoms. The average molecular weight is 260 g/mol. The third-order valence-electron chi connectivity index (χ3n) is 4.55. The molecule has 1 saturated carbocycles. The highest BCUT2D eigenvalue weighted by molar-refractivity contribution is 5.28. The van der Waals surface area contributed by atoms with Gasteiger partial charge in [0.25, 0.3) is 0 Å². The van der Waals surface area contributed by atoms with Crippen molar-refractivity contribution in [2.75, 3.05) is 20.6 Å². The molecule has 0 saturated heterocycles. The summed E-state index contributed by atoms with van der Waals surface area (Å²) < 4.78 is 0. The highest BCUT2D eigenvalue weighted by Crippen LogP contribution is 2.33. The summed E-state index contributed by atoms with van der Waals surface area (Å²) in [6.45, 7) is 6.44. The van der Waals surface area contributed by atoms with Crippen molar-refractivity contribution in [3.05, 3.63) is 34.9 Å². The van der Waals surface area contributed by atoms with Crippen LogP contribution in [-0.4, -0.2) is 31.1 Å². The molecule has 0 amide bonds. The van der Waals surface area contributed by atoms with Crippen molar-refractivity contribution in [1.82, 2.24) is 10.2 Å². The lowest BCUT2D eigenvalue weighted by molar-refractivity contribution is 0.153. The number of nitrogens with zero attached hydrogens (tertiary/aromatic N) is 1. The second kappa shape index (κ2) is 6.06. The summed E-state index contributed by atoms with van der Waals surface area (Å²) in [5, 5.41) is 3.68. The first-order chi connectivity index (χ1) is 9.02. The Morgan fingerprint density at radius 2 is 1.63 bits per heavy atom. The lowest BCUT2D eigenvalue weighted by Crippen LogP contribution is -2.49. The smallest absolute Gasteiger partial charge is 0.0328 e. The summed E-state index contributed by atoms with van der Waals surface area (Å²) in [6, 6.07) is 6.82. The second-order valence-electron chi connectivity index (χ2n) is 6.43. The Labute approximate surface area is 118 Å². The van der Waals surface area contributed by atoms with Crippen LogP contribution in [0.4, 0.5) is 0 Å². The highest BCUT2D eigenvalue weighted by atomic mass is 15.2. The molecule has 0 unspecified atom stereocenters. The van der Waals surface area contributed by atoms with Crippen molar-refractivity contribution in [3.8, 4) is 0 Å². The van der Waals surface area contributed by atoms with E-state index >= 15 is 0 Å². The summed E-state index contributed by atoms with van der Waals surface area (Å²) >= 11 is 0. The van der Waals surface area contributed by atoms with Crippen LogP contribution in [0, 0.1) is 13.8 Å². The van der Waals surface area contributed by atoms with E-state index in [-0.39, 0.29) is 0 Å². The molecule has 0 aliphatic heterocycles. The van der Waals surface area contributed by atoms with E-state index in [4.69, 9.17) is 0 Å². The van der Waals surface area contributed by atoms with Crippen molar-refractivity contribution in [3.63, 3.8) is 0 Å². The fourth-order valence-electron chi connectivity index (χ4n) is 3.43. The predicted molar refractivity (Wildman–Crippen MR) is 82.5 cm³/mol. The molecule has 0 atom stereocenters. The number of hydrogen-bond acceptors (Lipinski definition) is 2. The van der Waals surface area contributed by atoms with E-state index in [0.717, 1.165) is 13.1 Å². The van der Waals surface area contributed by atoms with Crippen LogP contribution >= 0.6 is 0 Å². The molecule has 1 aliphatic carbocycles. The van der Waals surface area contributed by atoms with Crippen LogP contribution in [0.2, 0.25) is 0 Å². The topological polar surface area (TPSA) is 15.3 Å². The van der Waals surface area contributed by atoms with Crippen LogP contribution in [0.3, 0.4) is 0 Å². The van der Waals surface area contributed by atoms with E-state index in [0.29, 0.717) is 5.54 Å². The molecule has 0 aromatic heterocycles. The van der Waals surface area contributed by atoms with E-state index in [1.54, 1.807) is 0 Å². The Morgan fingerprint density at radius 3 is 2.16 bits per heavy atom. The first-order valence-corrected chi connectivity index (χ1v) is 7.47. The monoisotopic (exact) mass is 260 g/mol. The SMILES string of the molecule is Cc1cc(C)cc(CNCC2(N(C)C)CCCC2)c1. The van der Waals surface area contributed by atoms with Crippen LogP contribution in [0.15, 0.2) is 18.2 Å². The molecule has 0 radical (unpaired) electrons. The van der Waals surface area contributed by atoms with Gasteiger partial charge in [0, 0.05) is 18.6 Å². The maximum atomic E-state index is 3.68. The van der Waals surface area contributed by atoms with E-state index in [1.165, 1.54) is 42.4 Å². The molecule has 2 rings (SSSR count).